The lowest BCUT2D eigenvalue weighted by atomic mass is 9.95. The number of carbonyl (C=O) groups excluding carboxylic acids is 1. The Morgan fingerprint density at radius 1 is 1.38 bits per heavy atom. The third kappa shape index (κ3) is 5.14. The molecule has 1 aromatic carbocycles. The molecule has 1 amide bonds. The molecule has 21 heavy (non-hydrogen) atoms. The second-order valence-electron chi connectivity index (χ2n) is 5.92. The molecule has 0 bridgehead atoms. The Balaban J connectivity index is 1.73. The molecule has 1 aliphatic rings. The molecule has 116 valence electrons. The van der Waals surface area contributed by atoms with E-state index in [4.69, 9.17) is 5.73 Å². The van der Waals surface area contributed by atoms with Crippen LogP contribution in [0.2, 0.25) is 0 Å². The van der Waals surface area contributed by atoms with Crippen LogP contribution in [-0.4, -0.2) is 30.4 Å². The van der Waals surface area contributed by atoms with Crippen molar-refractivity contribution in [3.63, 3.8) is 0 Å². The first-order valence-corrected chi connectivity index (χ1v) is 8.02. The number of rotatable bonds is 6. The van der Waals surface area contributed by atoms with Crippen LogP contribution in [0.5, 0.6) is 0 Å². The number of hydrogen-bond donors (Lipinski definition) is 2. The molecule has 3 N–H and O–H groups in total. The third-order valence-electron chi connectivity index (χ3n) is 4.31. The van der Waals surface area contributed by atoms with E-state index in [9.17, 15) is 4.79 Å². The van der Waals surface area contributed by atoms with E-state index in [1.807, 2.05) is 24.3 Å². The van der Waals surface area contributed by atoms with Crippen molar-refractivity contribution in [3.8, 4) is 0 Å². The maximum absolute atomic E-state index is 12.0. The lowest BCUT2D eigenvalue weighted by molar-refractivity contribution is -0.116. The fraction of sp³-hybridized carbons (Fsp3) is 0.588. The van der Waals surface area contributed by atoms with Gasteiger partial charge in [0, 0.05) is 31.7 Å². The van der Waals surface area contributed by atoms with E-state index < -0.39 is 0 Å². The monoisotopic (exact) mass is 289 g/mol. The number of anilines is 1. The van der Waals surface area contributed by atoms with Crippen LogP contribution >= 0.6 is 0 Å². The van der Waals surface area contributed by atoms with Gasteiger partial charge in [-0.1, -0.05) is 25.5 Å². The SMILES string of the molecule is CCC1CCCN(CCC(=O)Nc2ccc(CN)cc2)C1. The maximum Gasteiger partial charge on any atom is 0.225 e. The molecular formula is C17H27N3O. The van der Waals surface area contributed by atoms with Crippen molar-refractivity contribution in [2.24, 2.45) is 11.7 Å². The van der Waals surface area contributed by atoms with Crippen molar-refractivity contribution in [2.45, 2.75) is 39.2 Å². The fourth-order valence-corrected chi connectivity index (χ4v) is 2.89. The molecule has 4 heteroatoms. The summed E-state index contributed by atoms with van der Waals surface area (Å²) in [4.78, 5) is 14.4. The van der Waals surface area contributed by atoms with Crippen molar-refractivity contribution in [1.82, 2.24) is 4.90 Å². The Bertz CT molecular complexity index is 444. The van der Waals surface area contributed by atoms with E-state index >= 15 is 0 Å². The average molecular weight is 289 g/mol. The van der Waals surface area contributed by atoms with Crippen molar-refractivity contribution in [1.29, 1.82) is 0 Å². The van der Waals surface area contributed by atoms with Crippen LogP contribution in [-0.2, 0) is 11.3 Å². The van der Waals surface area contributed by atoms with Crippen LogP contribution < -0.4 is 11.1 Å². The summed E-state index contributed by atoms with van der Waals surface area (Å²) < 4.78 is 0. The summed E-state index contributed by atoms with van der Waals surface area (Å²) in [5.74, 6) is 0.903. The molecule has 0 radical (unpaired) electrons. The van der Waals surface area contributed by atoms with Gasteiger partial charge in [0.15, 0.2) is 0 Å². The summed E-state index contributed by atoms with van der Waals surface area (Å²) in [5.41, 5.74) is 7.49. The molecule has 0 saturated carbocycles. The van der Waals surface area contributed by atoms with Crippen LogP contribution in [0, 0.1) is 5.92 Å². The number of nitrogens with two attached hydrogens (primary N) is 1. The van der Waals surface area contributed by atoms with Gasteiger partial charge >= 0.3 is 0 Å². The lowest BCUT2D eigenvalue weighted by Crippen LogP contribution is -2.37. The number of nitrogens with one attached hydrogen (secondary N) is 1. The summed E-state index contributed by atoms with van der Waals surface area (Å²) >= 11 is 0. The minimum Gasteiger partial charge on any atom is -0.326 e. The predicted molar refractivity (Wildman–Crippen MR) is 87.0 cm³/mol. The van der Waals surface area contributed by atoms with Gasteiger partial charge < -0.3 is 16.0 Å². The minimum absolute atomic E-state index is 0.0918. The van der Waals surface area contributed by atoms with Crippen molar-refractivity contribution >= 4 is 11.6 Å². The van der Waals surface area contributed by atoms with E-state index in [0.29, 0.717) is 13.0 Å². The summed E-state index contributed by atoms with van der Waals surface area (Å²) in [6.45, 7) is 5.93. The van der Waals surface area contributed by atoms with Gasteiger partial charge in [-0.3, -0.25) is 4.79 Å². The molecule has 1 heterocycles. The molecule has 1 fully saturated rings. The Hall–Kier alpha value is -1.39. The van der Waals surface area contributed by atoms with Gasteiger partial charge in [0.2, 0.25) is 5.91 Å². The van der Waals surface area contributed by atoms with Gasteiger partial charge in [-0.15, -0.1) is 0 Å². The summed E-state index contributed by atoms with van der Waals surface area (Å²) in [7, 11) is 0. The second kappa shape index (κ2) is 8.15. The number of nitrogens with zero attached hydrogens (tertiary/aromatic N) is 1. The van der Waals surface area contributed by atoms with Gasteiger partial charge in [0.25, 0.3) is 0 Å². The van der Waals surface area contributed by atoms with Crippen molar-refractivity contribution < 1.29 is 4.79 Å². The number of hydrogen-bond acceptors (Lipinski definition) is 3. The van der Waals surface area contributed by atoms with Crippen molar-refractivity contribution in [3.05, 3.63) is 29.8 Å². The number of amides is 1. The zero-order valence-electron chi connectivity index (χ0n) is 13.0. The van der Waals surface area contributed by atoms with Crippen LogP contribution in [0.4, 0.5) is 5.69 Å². The highest BCUT2D eigenvalue weighted by molar-refractivity contribution is 5.90. The third-order valence-corrected chi connectivity index (χ3v) is 4.31. The van der Waals surface area contributed by atoms with E-state index in [1.165, 1.54) is 19.3 Å². The summed E-state index contributed by atoms with van der Waals surface area (Å²) in [6.07, 6.45) is 4.42. The average Bonchev–Trinajstić information content (AvgIpc) is 2.54. The van der Waals surface area contributed by atoms with Gasteiger partial charge in [0.05, 0.1) is 0 Å². The molecule has 1 saturated heterocycles. The molecule has 0 spiro atoms. The van der Waals surface area contributed by atoms with E-state index in [2.05, 4.69) is 17.1 Å². The molecule has 1 unspecified atom stereocenters. The van der Waals surface area contributed by atoms with Crippen LogP contribution in [0.3, 0.4) is 0 Å². The van der Waals surface area contributed by atoms with Gasteiger partial charge in [0.1, 0.15) is 0 Å². The first-order valence-electron chi connectivity index (χ1n) is 8.02. The largest absolute Gasteiger partial charge is 0.326 e. The lowest BCUT2D eigenvalue weighted by Gasteiger charge is -2.31. The topological polar surface area (TPSA) is 58.4 Å². The maximum atomic E-state index is 12.0. The Morgan fingerprint density at radius 2 is 2.14 bits per heavy atom. The van der Waals surface area contributed by atoms with E-state index in [1.54, 1.807) is 0 Å². The second-order valence-corrected chi connectivity index (χ2v) is 5.92. The molecule has 0 aliphatic carbocycles. The molecule has 1 aliphatic heterocycles. The predicted octanol–water partition coefficient (Wildman–Crippen LogP) is 2.60. The van der Waals surface area contributed by atoms with Gasteiger partial charge in [-0.2, -0.15) is 0 Å². The highest BCUT2D eigenvalue weighted by Crippen LogP contribution is 2.19. The Morgan fingerprint density at radius 3 is 2.81 bits per heavy atom. The molecule has 2 rings (SSSR count). The zero-order chi connectivity index (χ0) is 15.1. The number of likely N-dealkylation sites (tertiary alicyclic amines) is 1. The fourth-order valence-electron chi connectivity index (χ4n) is 2.89. The first-order chi connectivity index (χ1) is 10.2. The number of carbonyl (C=O) groups is 1. The van der Waals surface area contributed by atoms with Crippen LogP contribution in [0.15, 0.2) is 24.3 Å². The smallest absolute Gasteiger partial charge is 0.225 e. The van der Waals surface area contributed by atoms with E-state index in [-0.39, 0.29) is 5.91 Å². The highest BCUT2D eigenvalue weighted by atomic mass is 16.1. The van der Waals surface area contributed by atoms with E-state index in [0.717, 1.165) is 36.8 Å². The number of piperidine rings is 1. The van der Waals surface area contributed by atoms with Crippen molar-refractivity contribution in [2.75, 3.05) is 25.0 Å². The van der Waals surface area contributed by atoms with Crippen LogP contribution in [0.25, 0.3) is 0 Å². The first kappa shape index (κ1) is 16.0. The standard InChI is InChI=1S/C17H27N3O/c1-2-14-4-3-10-20(13-14)11-9-17(21)19-16-7-5-15(12-18)6-8-16/h5-8,14H,2-4,9-13,18H2,1H3,(H,19,21). The quantitative estimate of drug-likeness (QED) is 0.846. The Labute approximate surface area is 127 Å². The van der Waals surface area contributed by atoms with Gasteiger partial charge in [-0.25, -0.2) is 0 Å². The molecular weight excluding hydrogens is 262 g/mol. The highest BCUT2D eigenvalue weighted by Gasteiger charge is 2.18. The van der Waals surface area contributed by atoms with Crippen LogP contribution in [0.1, 0.15) is 38.2 Å². The summed E-state index contributed by atoms with van der Waals surface area (Å²) in [6, 6.07) is 7.72. The minimum atomic E-state index is 0.0918. The molecule has 1 atom stereocenters. The summed E-state index contributed by atoms with van der Waals surface area (Å²) in [5, 5.41) is 2.95. The number of benzene rings is 1. The molecule has 0 aromatic heterocycles. The Kier molecular flexibility index (Phi) is 6.21. The normalized spacial score (nSPS) is 19.4. The van der Waals surface area contributed by atoms with Gasteiger partial charge in [-0.05, 0) is 43.0 Å². The molecule has 4 nitrogen and oxygen atoms in total. The zero-order valence-corrected chi connectivity index (χ0v) is 13.0. The molecule has 1 aromatic rings.